The number of likely N-dealkylation sites (tertiary alicyclic amines) is 2. The molecule has 2 saturated heterocycles. The number of aromatic nitrogens is 4. The summed E-state index contributed by atoms with van der Waals surface area (Å²) in [4.78, 5) is 25.3. The average Bonchev–Trinajstić information content (AvgIpc) is 3.63. The van der Waals surface area contributed by atoms with Crippen LogP contribution in [0, 0.1) is 5.41 Å². The fourth-order valence-electron chi connectivity index (χ4n) is 6.16. The lowest BCUT2D eigenvalue weighted by Gasteiger charge is -2.59. The molecule has 0 atom stereocenters. The van der Waals surface area contributed by atoms with Crippen LogP contribution in [0.1, 0.15) is 73.3 Å². The predicted molar refractivity (Wildman–Crippen MR) is 116 cm³/mol. The zero-order valence-corrected chi connectivity index (χ0v) is 19.2. The Morgan fingerprint density at radius 3 is 2.34 bits per heavy atom. The van der Waals surface area contributed by atoms with Gasteiger partial charge in [0, 0.05) is 55.3 Å². The van der Waals surface area contributed by atoms with Crippen LogP contribution in [0.25, 0.3) is 0 Å². The van der Waals surface area contributed by atoms with Crippen LogP contribution in [0.3, 0.4) is 0 Å². The van der Waals surface area contributed by atoms with E-state index in [2.05, 4.69) is 20.2 Å². The molecule has 4 heterocycles. The predicted octanol–water partition coefficient (Wildman–Crippen LogP) is 3.17. The number of alkyl halides is 3. The SMILES string of the molecule is O=C(N1CC(c2ccc(C3(C(F)(F)F)CC3)cn2)C1)N1CC2(CC(c3nc(C4(O)CC4)n[nH]3)C2)C1. The van der Waals surface area contributed by atoms with Gasteiger partial charge in [-0.05, 0) is 50.2 Å². The first-order valence-corrected chi connectivity index (χ1v) is 12.3. The van der Waals surface area contributed by atoms with Gasteiger partial charge in [-0.2, -0.15) is 18.3 Å². The molecule has 35 heavy (non-hydrogen) atoms. The Morgan fingerprint density at radius 2 is 1.77 bits per heavy atom. The number of H-pyrrole nitrogens is 1. The molecule has 3 aliphatic carbocycles. The molecule has 3 saturated carbocycles. The van der Waals surface area contributed by atoms with Gasteiger partial charge in [0.05, 0.1) is 5.41 Å². The summed E-state index contributed by atoms with van der Waals surface area (Å²) in [6, 6.07) is 3.28. The highest BCUT2D eigenvalue weighted by molar-refractivity contribution is 5.77. The second kappa shape index (κ2) is 6.74. The first kappa shape index (κ1) is 21.6. The lowest BCUT2D eigenvalue weighted by molar-refractivity contribution is -0.160. The Hall–Kier alpha value is -2.69. The molecule has 186 valence electrons. The van der Waals surface area contributed by atoms with Gasteiger partial charge in [-0.15, -0.1) is 0 Å². The molecule has 0 bridgehead atoms. The fourth-order valence-corrected chi connectivity index (χ4v) is 6.16. The first-order valence-electron chi connectivity index (χ1n) is 12.3. The summed E-state index contributed by atoms with van der Waals surface area (Å²) < 4.78 is 40.0. The Labute approximate surface area is 199 Å². The number of urea groups is 1. The van der Waals surface area contributed by atoms with Crippen molar-refractivity contribution in [2.75, 3.05) is 26.2 Å². The van der Waals surface area contributed by atoms with E-state index >= 15 is 0 Å². The van der Waals surface area contributed by atoms with Crippen molar-refractivity contribution in [1.29, 1.82) is 0 Å². The van der Waals surface area contributed by atoms with Crippen molar-refractivity contribution in [1.82, 2.24) is 30.0 Å². The summed E-state index contributed by atoms with van der Waals surface area (Å²) in [7, 11) is 0. The highest BCUT2D eigenvalue weighted by Crippen LogP contribution is 2.59. The molecular weight excluding hydrogens is 461 g/mol. The van der Waals surface area contributed by atoms with E-state index in [-0.39, 0.29) is 35.8 Å². The van der Waals surface area contributed by atoms with Crippen molar-refractivity contribution in [2.45, 2.75) is 67.6 Å². The van der Waals surface area contributed by atoms with E-state index in [0.29, 0.717) is 37.7 Å². The van der Waals surface area contributed by atoms with Crippen molar-refractivity contribution >= 4 is 6.03 Å². The number of nitrogens with one attached hydrogen (secondary N) is 1. The second-order valence-electron chi connectivity index (χ2n) is 11.5. The van der Waals surface area contributed by atoms with Crippen LogP contribution in [0.5, 0.6) is 0 Å². The summed E-state index contributed by atoms with van der Waals surface area (Å²) in [5, 5.41) is 17.3. The number of aromatic amines is 1. The number of pyridine rings is 1. The quantitative estimate of drug-likeness (QED) is 0.689. The monoisotopic (exact) mass is 488 g/mol. The smallest absolute Gasteiger partial charge is 0.382 e. The van der Waals surface area contributed by atoms with Crippen molar-refractivity contribution in [3.8, 4) is 0 Å². The molecule has 0 radical (unpaired) electrons. The van der Waals surface area contributed by atoms with Gasteiger partial charge in [0.15, 0.2) is 5.82 Å². The maximum atomic E-state index is 13.3. The molecule has 0 aromatic carbocycles. The minimum atomic E-state index is -4.23. The van der Waals surface area contributed by atoms with Crippen LogP contribution in [-0.4, -0.2) is 73.5 Å². The Balaban J connectivity index is 0.892. The van der Waals surface area contributed by atoms with Gasteiger partial charge in [0.1, 0.15) is 11.4 Å². The minimum Gasteiger partial charge on any atom is -0.382 e. The van der Waals surface area contributed by atoms with Crippen molar-refractivity contribution in [3.63, 3.8) is 0 Å². The van der Waals surface area contributed by atoms with Gasteiger partial charge in [0.25, 0.3) is 0 Å². The zero-order chi connectivity index (χ0) is 24.2. The highest BCUT2D eigenvalue weighted by atomic mass is 19.4. The standard InChI is InChI=1S/C24H27F3N6O2/c25-24(26,27)22(3-4-22)16-1-2-17(28-9-16)15-10-32(11-15)20(34)33-12-21(13-33)7-14(8-21)18-29-19(31-30-18)23(35)5-6-23/h1-2,9,14-15,35H,3-8,10-13H2,(H,29,30,31). The van der Waals surface area contributed by atoms with Gasteiger partial charge < -0.3 is 14.9 Å². The molecule has 2 amide bonds. The van der Waals surface area contributed by atoms with Crippen LogP contribution >= 0.6 is 0 Å². The van der Waals surface area contributed by atoms with Gasteiger partial charge in [0.2, 0.25) is 0 Å². The van der Waals surface area contributed by atoms with E-state index in [1.165, 1.54) is 6.20 Å². The van der Waals surface area contributed by atoms with Crippen molar-refractivity contribution in [2.24, 2.45) is 5.41 Å². The van der Waals surface area contributed by atoms with E-state index in [4.69, 9.17) is 0 Å². The van der Waals surface area contributed by atoms with E-state index in [1.54, 1.807) is 17.0 Å². The third-order valence-electron chi connectivity index (χ3n) is 8.91. The molecule has 7 rings (SSSR count). The third-order valence-corrected chi connectivity index (χ3v) is 8.91. The molecular formula is C24H27F3N6O2. The van der Waals surface area contributed by atoms with Crippen LogP contribution in [0.2, 0.25) is 0 Å². The van der Waals surface area contributed by atoms with Gasteiger partial charge in [-0.3, -0.25) is 10.1 Å². The number of hydrogen-bond acceptors (Lipinski definition) is 5. The summed E-state index contributed by atoms with van der Waals surface area (Å²) in [5.41, 5.74) is -1.38. The molecule has 2 aromatic rings. The zero-order valence-electron chi connectivity index (χ0n) is 19.2. The summed E-state index contributed by atoms with van der Waals surface area (Å²) in [5.74, 6) is 1.70. The number of carbonyl (C=O) groups excluding carboxylic acids is 1. The van der Waals surface area contributed by atoms with Gasteiger partial charge in [-0.1, -0.05) is 6.07 Å². The summed E-state index contributed by atoms with van der Waals surface area (Å²) in [6.07, 6.45) is 0.746. The number of aliphatic hydroxyl groups is 1. The lowest BCUT2D eigenvalue weighted by Crippen LogP contribution is -2.67. The molecule has 5 fully saturated rings. The number of hydrogen-bond donors (Lipinski definition) is 2. The maximum Gasteiger partial charge on any atom is 0.398 e. The second-order valence-corrected chi connectivity index (χ2v) is 11.5. The topological polar surface area (TPSA) is 98.2 Å². The molecule has 2 aliphatic heterocycles. The highest BCUT2D eigenvalue weighted by Gasteiger charge is 2.64. The lowest BCUT2D eigenvalue weighted by atomic mass is 9.57. The third kappa shape index (κ3) is 3.23. The van der Waals surface area contributed by atoms with Gasteiger partial charge >= 0.3 is 12.2 Å². The Morgan fingerprint density at radius 1 is 1.06 bits per heavy atom. The Kier molecular flexibility index (Phi) is 4.16. The normalized spacial score (nSPS) is 26.2. The van der Waals surface area contributed by atoms with Crippen molar-refractivity contribution in [3.05, 3.63) is 41.2 Å². The largest absolute Gasteiger partial charge is 0.398 e. The van der Waals surface area contributed by atoms with E-state index in [0.717, 1.165) is 37.4 Å². The van der Waals surface area contributed by atoms with E-state index in [9.17, 15) is 23.1 Å². The summed E-state index contributed by atoms with van der Waals surface area (Å²) >= 11 is 0. The number of carbonyl (C=O) groups is 1. The average molecular weight is 489 g/mol. The number of halogens is 3. The molecule has 2 aromatic heterocycles. The molecule has 1 spiro atoms. The molecule has 2 N–H and O–H groups in total. The number of amides is 2. The number of rotatable bonds is 4. The Bertz CT molecular complexity index is 1170. The van der Waals surface area contributed by atoms with Crippen LogP contribution in [0.4, 0.5) is 18.0 Å². The van der Waals surface area contributed by atoms with Crippen molar-refractivity contribution < 1.29 is 23.1 Å². The number of nitrogens with zero attached hydrogens (tertiary/aromatic N) is 5. The summed E-state index contributed by atoms with van der Waals surface area (Å²) in [6.45, 7) is 2.57. The fraction of sp³-hybridized carbons (Fsp3) is 0.667. The molecule has 0 unspecified atom stereocenters. The maximum absolute atomic E-state index is 13.3. The van der Waals surface area contributed by atoms with Crippen LogP contribution < -0.4 is 0 Å². The van der Waals surface area contributed by atoms with Crippen LogP contribution in [0.15, 0.2) is 18.3 Å². The van der Waals surface area contributed by atoms with Gasteiger partial charge in [-0.25, -0.2) is 9.78 Å². The van der Waals surface area contributed by atoms with E-state index < -0.39 is 17.2 Å². The molecule has 11 heteroatoms. The minimum absolute atomic E-state index is 0.0267. The molecule has 5 aliphatic rings. The first-order chi connectivity index (χ1) is 16.6. The van der Waals surface area contributed by atoms with Crippen LogP contribution in [-0.2, 0) is 11.0 Å². The molecule has 8 nitrogen and oxygen atoms in total. The van der Waals surface area contributed by atoms with E-state index in [1.807, 2.05) is 4.90 Å².